The molecule has 8 rings (SSSR count). The maximum atomic E-state index is 13.1. The van der Waals surface area contributed by atoms with Crippen molar-refractivity contribution in [2.45, 2.75) is 19.4 Å². The molecule has 1 saturated heterocycles. The van der Waals surface area contributed by atoms with Gasteiger partial charge in [-0.05, 0) is 47.1 Å². The highest BCUT2D eigenvalue weighted by atomic mass is 16.2. The molecule has 2 fully saturated rings. The van der Waals surface area contributed by atoms with Crippen molar-refractivity contribution in [2.75, 3.05) is 0 Å². The fourth-order valence-electron chi connectivity index (χ4n) is 6.41. The van der Waals surface area contributed by atoms with Crippen LogP contribution >= 0.6 is 0 Å². The van der Waals surface area contributed by atoms with Crippen LogP contribution in [0.15, 0.2) is 90.2 Å². The monoisotopic (exact) mass is 459 g/mol. The van der Waals surface area contributed by atoms with E-state index in [1.807, 2.05) is 12.1 Å². The number of imide groups is 1. The molecule has 0 N–H and O–H groups in total. The lowest BCUT2D eigenvalue weighted by Gasteiger charge is -2.37. The first-order valence-electron chi connectivity index (χ1n) is 12.3. The van der Waals surface area contributed by atoms with Gasteiger partial charge in [0.05, 0.1) is 18.1 Å². The molecular weight excluding hydrogens is 434 g/mol. The van der Waals surface area contributed by atoms with Crippen molar-refractivity contribution in [2.24, 2.45) is 28.8 Å². The number of hydrogen-bond acceptors (Lipinski definition) is 3. The van der Waals surface area contributed by atoms with Crippen molar-refractivity contribution in [3.8, 4) is 0 Å². The van der Waals surface area contributed by atoms with E-state index in [-0.39, 0.29) is 35.5 Å². The summed E-state index contributed by atoms with van der Waals surface area (Å²) in [7, 11) is 0. The van der Waals surface area contributed by atoms with Gasteiger partial charge in [-0.2, -0.15) is 10.1 Å². The Morgan fingerprint density at radius 2 is 1.46 bits per heavy atom. The van der Waals surface area contributed by atoms with Crippen LogP contribution in [0, 0.1) is 23.7 Å². The van der Waals surface area contributed by atoms with E-state index in [1.165, 1.54) is 16.3 Å². The molecule has 4 atom stereocenters. The number of rotatable bonds is 4. The molecule has 0 radical (unpaired) electrons. The largest absolute Gasteiger partial charge is 0.342 e. The summed E-state index contributed by atoms with van der Waals surface area (Å²) in [4.78, 5) is 26.3. The number of para-hydroxylation sites is 1. The summed E-state index contributed by atoms with van der Waals surface area (Å²) in [5, 5.41) is 9.12. The normalized spacial score (nSPS) is 25.4. The summed E-state index contributed by atoms with van der Waals surface area (Å²) in [5.41, 5.74) is 3.23. The van der Waals surface area contributed by atoms with Gasteiger partial charge in [0.25, 0.3) is 11.8 Å². The quantitative estimate of drug-likeness (QED) is 0.234. The highest BCUT2D eigenvalue weighted by Gasteiger charge is 2.56. The molecular formula is C30H25N3O2. The topological polar surface area (TPSA) is 54.7 Å². The molecule has 1 saturated carbocycles. The van der Waals surface area contributed by atoms with Gasteiger partial charge >= 0.3 is 0 Å². The molecule has 2 heterocycles. The van der Waals surface area contributed by atoms with E-state index in [0.29, 0.717) is 0 Å². The maximum Gasteiger partial charge on any atom is 0.254 e. The highest BCUT2D eigenvalue weighted by molar-refractivity contribution is 6.07. The third kappa shape index (κ3) is 3.11. The zero-order valence-electron chi connectivity index (χ0n) is 19.2. The Labute approximate surface area is 203 Å². The van der Waals surface area contributed by atoms with Crippen molar-refractivity contribution in [3.05, 3.63) is 96.2 Å². The summed E-state index contributed by atoms with van der Waals surface area (Å²) < 4.78 is 2.22. The van der Waals surface area contributed by atoms with Gasteiger partial charge in [0.2, 0.25) is 0 Å². The molecule has 172 valence electrons. The maximum absolute atomic E-state index is 13.1. The number of benzene rings is 3. The van der Waals surface area contributed by atoms with Crippen LogP contribution in [0.25, 0.3) is 21.7 Å². The number of allylic oxidation sites excluding steroid dienone is 2. The SMILES string of the molecule is O=C1[C@@H]2[C@@H](C(=O)N1/N=C\c1cn(Cc3cccc4ccccc34)c3ccccc13)[C@@H]1C=C[C@@H]2CC1. The Balaban J connectivity index is 1.23. The van der Waals surface area contributed by atoms with Crippen molar-refractivity contribution in [1.29, 1.82) is 0 Å². The average molecular weight is 460 g/mol. The van der Waals surface area contributed by atoms with Gasteiger partial charge in [-0.1, -0.05) is 72.8 Å². The molecule has 0 unspecified atom stereocenters. The van der Waals surface area contributed by atoms with Gasteiger partial charge < -0.3 is 4.57 Å². The molecule has 4 aliphatic rings. The molecule has 2 amide bonds. The van der Waals surface area contributed by atoms with E-state index in [9.17, 15) is 9.59 Å². The second-order valence-electron chi connectivity index (χ2n) is 9.94. The molecule has 3 aromatic carbocycles. The highest BCUT2D eigenvalue weighted by Crippen LogP contribution is 2.49. The first kappa shape index (κ1) is 20.4. The average Bonchev–Trinajstić information content (AvgIpc) is 3.39. The van der Waals surface area contributed by atoms with Crippen molar-refractivity contribution >= 4 is 39.7 Å². The zero-order valence-corrected chi connectivity index (χ0v) is 19.2. The standard InChI is InChI=1S/C30H25N3O2/c34-29-27-20-12-13-21(15-14-20)28(27)30(35)33(29)31-16-23-18-32(26-11-4-3-10-25(23)26)17-22-8-5-7-19-6-1-2-9-24(19)22/h1-13,16,18,20-21,27-28H,14-15,17H2/b31-16-/t20-,21-,27+,28+/m1/s1. The van der Waals surface area contributed by atoms with Crippen molar-refractivity contribution < 1.29 is 9.59 Å². The van der Waals surface area contributed by atoms with E-state index in [1.54, 1.807) is 6.21 Å². The van der Waals surface area contributed by atoms with Crippen LogP contribution in [-0.2, 0) is 16.1 Å². The van der Waals surface area contributed by atoms with Crippen molar-refractivity contribution in [3.63, 3.8) is 0 Å². The first-order valence-corrected chi connectivity index (χ1v) is 12.3. The second kappa shape index (κ2) is 7.77. The molecule has 2 bridgehead atoms. The predicted molar refractivity (Wildman–Crippen MR) is 137 cm³/mol. The predicted octanol–water partition coefficient (Wildman–Crippen LogP) is 5.37. The minimum Gasteiger partial charge on any atom is -0.342 e. The Kier molecular flexibility index (Phi) is 4.53. The number of fused-ring (bicyclic) bond motifs is 3. The zero-order chi connectivity index (χ0) is 23.5. The lowest BCUT2D eigenvalue weighted by Crippen LogP contribution is -2.38. The van der Waals surface area contributed by atoms with Crippen LogP contribution in [0.1, 0.15) is 24.0 Å². The van der Waals surface area contributed by atoms with Crippen LogP contribution in [-0.4, -0.2) is 27.6 Å². The minimum atomic E-state index is -0.240. The van der Waals surface area contributed by atoms with Gasteiger partial charge in [0, 0.05) is 29.2 Å². The number of nitrogens with zero attached hydrogens (tertiary/aromatic N) is 3. The fraction of sp³-hybridized carbons (Fsp3) is 0.233. The molecule has 5 nitrogen and oxygen atoms in total. The summed E-state index contributed by atoms with van der Waals surface area (Å²) in [6.45, 7) is 0.719. The summed E-state index contributed by atoms with van der Waals surface area (Å²) >= 11 is 0. The van der Waals surface area contributed by atoms with Gasteiger partial charge in [0.1, 0.15) is 0 Å². The summed E-state index contributed by atoms with van der Waals surface area (Å²) in [6, 6.07) is 23.0. The minimum absolute atomic E-state index is 0.144. The second-order valence-corrected chi connectivity index (χ2v) is 9.94. The van der Waals surface area contributed by atoms with Crippen LogP contribution in [0.5, 0.6) is 0 Å². The summed E-state index contributed by atoms with van der Waals surface area (Å²) in [5.74, 6) is -0.426. The molecule has 0 spiro atoms. The Morgan fingerprint density at radius 1 is 0.800 bits per heavy atom. The van der Waals surface area contributed by atoms with E-state index in [0.717, 1.165) is 40.9 Å². The lowest BCUT2D eigenvalue weighted by atomic mass is 9.63. The molecule has 4 aromatic rings. The molecule has 1 aromatic heterocycles. The number of amides is 2. The Morgan fingerprint density at radius 3 is 2.20 bits per heavy atom. The summed E-state index contributed by atoms with van der Waals surface area (Å²) in [6.07, 6.45) is 9.99. The van der Waals surface area contributed by atoms with Gasteiger partial charge in [-0.25, -0.2) is 0 Å². The van der Waals surface area contributed by atoms with E-state index < -0.39 is 0 Å². The van der Waals surface area contributed by atoms with Gasteiger partial charge in [-0.15, -0.1) is 0 Å². The molecule has 35 heavy (non-hydrogen) atoms. The van der Waals surface area contributed by atoms with Crippen LogP contribution < -0.4 is 0 Å². The van der Waals surface area contributed by atoms with Gasteiger partial charge in [-0.3, -0.25) is 9.59 Å². The number of carbonyl (C=O) groups excluding carboxylic acids is 2. The molecule has 1 aliphatic heterocycles. The number of hydrazone groups is 1. The van der Waals surface area contributed by atoms with E-state index >= 15 is 0 Å². The van der Waals surface area contributed by atoms with Crippen LogP contribution in [0.2, 0.25) is 0 Å². The fourth-order valence-corrected chi connectivity index (χ4v) is 6.41. The van der Waals surface area contributed by atoms with E-state index in [4.69, 9.17) is 0 Å². The third-order valence-electron chi connectivity index (χ3n) is 8.09. The number of aromatic nitrogens is 1. The molecule has 5 heteroatoms. The van der Waals surface area contributed by atoms with Crippen LogP contribution in [0.4, 0.5) is 0 Å². The Hall–Kier alpha value is -3.99. The van der Waals surface area contributed by atoms with Crippen molar-refractivity contribution in [1.82, 2.24) is 9.58 Å². The first-order chi connectivity index (χ1) is 17.2. The smallest absolute Gasteiger partial charge is 0.254 e. The molecule has 3 aliphatic carbocycles. The van der Waals surface area contributed by atoms with Crippen LogP contribution in [0.3, 0.4) is 0 Å². The van der Waals surface area contributed by atoms with Gasteiger partial charge in [0.15, 0.2) is 0 Å². The third-order valence-corrected chi connectivity index (χ3v) is 8.09. The number of carbonyl (C=O) groups is 2. The van der Waals surface area contributed by atoms with E-state index in [2.05, 4.69) is 82.6 Å². The Bertz CT molecular complexity index is 1530. The number of hydrogen-bond donors (Lipinski definition) is 0. The lowest BCUT2D eigenvalue weighted by molar-refractivity contribution is -0.140.